The number of amides is 1. The maximum atomic E-state index is 12.0. The van der Waals surface area contributed by atoms with Crippen molar-refractivity contribution in [1.29, 1.82) is 0 Å². The van der Waals surface area contributed by atoms with Crippen molar-refractivity contribution in [2.45, 2.75) is 18.5 Å². The molecule has 3 aromatic heterocycles. The molecule has 0 unspecified atom stereocenters. The molecule has 1 amide bonds. The van der Waals surface area contributed by atoms with Crippen LogP contribution in [0.5, 0.6) is 0 Å². The minimum absolute atomic E-state index is 0.152. The summed E-state index contributed by atoms with van der Waals surface area (Å²) in [6.45, 7) is 2.00. The van der Waals surface area contributed by atoms with Crippen LogP contribution >= 0.6 is 23.1 Å². The van der Waals surface area contributed by atoms with E-state index in [0.29, 0.717) is 16.1 Å². The third-order valence-electron chi connectivity index (χ3n) is 3.08. The number of aryl methyl sites for hydroxylation is 1. The zero-order valence-corrected chi connectivity index (χ0v) is 14.8. The second kappa shape index (κ2) is 7.49. The highest BCUT2D eigenvalue weighted by molar-refractivity contribution is 7.99. The van der Waals surface area contributed by atoms with Crippen molar-refractivity contribution < 1.29 is 4.79 Å². The maximum absolute atomic E-state index is 12.0. The van der Waals surface area contributed by atoms with E-state index in [4.69, 9.17) is 0 Å². The summed E-state index contributed by atoms with van der Waals surface area (Å²) in [7, 11) is 1.85. The first-order valence-electron chi connectivity index (χ1n) is 7.23. The lowest BCUT2D eigenvalue weighted by molar-refractivity contribution is -0.113. The molecule has 3 rings (SSSR count). The first-order valence-corrected chi connectivity index (χ1v) is 9.03. The van der Waals surface area contributed by atoms with E-state index in [1.54, 1.807) is 6.20 Å². The summed E-state index contributed by atoms with van der Waals surface area (Å²) in [6, 6.07) is 5.60. The first-order chi connectivity index (χ1) is 11.7. The molecule has 0 atom stereocenters. The minimum atomic E-state index is -0.152. The number of carbonyl (C=O) groups excluding carboxylic acids is 1. The van der Waals surface area contributed by atoms with E-state index in [-0.39, 0.29) is 11.7 Å². The molecule has 0 bridgehead atoms. The molecule has 0 aliphatic rings. The van der Waals surface area contributed by atoms with E-state index in [2.05, 4.69) is 30.7 Å². The van der Waals surface area contributed by atoms with Gasteiger partial charge in [-0.25, -0.2) is 0 Å². The SMILES string of the molecule is CCc1nnc(NC(=O)CSc2nnc(-c3ccccn3)n2C)s1. The number of hydrogen-bond acceptors (Lipinski definition) is 8. The average molecular weight is 361 g/mol. The van der Waals surface area contributed by atoms with Gasteiger partial charge in [-0.15, -0.1) is 20.4 Å². The van der Waals surface area contributed by atoms with Gasteiger partial charge in [0.25, 0.3) is 0 Å². The third kappa shape index (κ3) is 3.77. The van der Waals surface area contributed by atoms with Gasteiger partial charge in [-0.2, -0.15) is 0 Å². The third-order valence-corrected chi connectivity index (χ3v) is 5.08. The Hall–Kier alpha value is -2.33. The van der Waals surface area contributed by atoms with Crippen LogP contribution in [0.4, 0.5) is 5.13 Å². The maximum Gasteiger partial charge on any atom is 0.236 e. The van der Waals surface area contributed by atoms with E-state index < -0.39 is 0 Å². The summed E-state index contributed by atoms with van der Waals surface area (Å²) in [5.41, 5.74) is 0.741. The fraction of sp³-hybridized carbons (Fsp3) is 0.286. The average Bonchev–Trinajstić information content (AvgIpc) is 3.20. The summed E-state index contributed by atoms with van der Waals surface area (Å²) >= 11 is 2.69. The van der Waals surface area contributed by atoms with Crippen LogP contribution in [0.25, 0.3) is 11.5 Å². The van der Waals surface area contributed by atoms with Gasteiger partial charge in [-0.05, 0) is 18.6 Å². The first kappa shape index (κ1) is 16.5. The van der Waals surface area contributed by atoms with Gasteiger partial charge in [-0.3, -0.25) is 15.1 Å². The van der Waals surface area contributed by atoms with Gasteiger partial charge < -0.3 is 4.57 Å². The van der Waals surface area contributed by atoms with Crippen molar-refractivity contribution in [3.63, 3.8) is 0 Å². The summed E-state index contributed by atoms with van der Waals surface area (Å²) in [4.78, 5) is 16.3. The van der Waals surface area contributed by atoms with Crippen LogP contribution in [0.1, 0.15) is 11.9 Å². The predicted molar refractivity (Wildman–Crippen MR) is 92.9 cm³/mol. The van der Waals surface area contributed by atoms with E-state index in [9.17, 15) is 4.79 Å². The van der Waals surface area contributed by atoms with Gasteiger partial charge in [0.05, 0.1) is 5.75 Å². The molecule has 0 fully saturated rings. The molecule has 124 valence electrons. The monoisotopic (exact) mass is 361 g/mol. The molecule has 1 N–H and O–H groups in total. The van der Waals surface area contributed by atoms with Crippen LogP contribution in [0, 0.1) is 0 Å². The van der Waals surface area contributed by atoms with Gasteiger partial charge in [0.2, 0.25) is 11.0 Å². The topological polar surface area (TPSA) is 98.5 Å². The Labute approximate surface area is 146 Å². The van der Waals surface area contributed by atoms with Gasteiger partial charge in [0.1, 0.15) is 10.7 Å². The number of nitrogens with one attached hydrogen (secondary N) is 1. The summed E-state index contributed by atoms with van der Waals surface area (Å²) < 4.78 is 1.82. The van der Waals surface area contributed by atoms with E-state index >= 15 is 0 Å². The Bertz CT molecular complexity index is 831. The van der Waals surface area contributed by atoms with Crippen molar-refractivity contribution in [1.82, 2.24) is 29.9 Å². The summed E-state index contributed by atoms with van der Waals surface area (Å²) in [5, 5.41) is 21.0. The minimum Gasteiger partial charge on any atom is -0.304 e. The molecule has 3 aromatic rings. The van der Waals surface area contributed by atoms with Gasteiger partial charge in [0.15, 0.2) is 11.0 Å². The highest BCUT2D eigenvalue weighted by Gasteiger charge is 2.14. The Morgan fingerprint density at radius 3 is 2.88 bits per heavy atom. The van der Waals surface area contributed by atoms with Crippen LogP contribution < -0.4 is 5.32 Å². The lowest BCUT2D eigenvalue weighted by atomic mass is 10.3. The Kier molecular flexibility index (Phi) is 5.16. The van der Waals surface area contributed by atoms with Crippen molar-refractivity contribution in [2.24, 2.45) is 7.05 Å². The molecule has 0 saturated carbocycles. The molecule has 0 saturated heterocycles. The lowest BCUT2D eigenvalue weighted by Gasteiger charge is -2.03. The van der Waals surface area contributed by atoms with E-state index in [1.807, 2.05) is 36.7 Å². The van der Waals surface area contributed by atoms with Crippen LogP contribution in [-0.4, -0.2) is 41.6 Å². The van der Waals surface area contributed by atoms with Crippen molar-refractivity contribution in [3.8, 4) is 11.5 Å². The van der Waals surface area contributed by atoms with Crippen LogP contribution in [0.15, 0.2) is 29.6 Å². The molecule has 8 nitrogen and oxygen atoms in total. The standard InChI is InChI=1S/C14H15N7OS2/c1-3-11-17-19-13(24-11)16-10(22)8-23-14-20-18-12(21(14)2)9-6-4-5-7-15-9/h4-7H,3,8H2,1-2H3,(H,16,19,22). The number of anilines is 1. The van der Waals surface area contributed by atoms with E-state index in [0.717, 1.165) is 17.1 Å². The van der Waals surface area contributed by atoms with Crippen molar-refractivity contribution >= 4 is 34.1 Å². The number of thioether (sulfide) groups is 1. The number of carbonyl (C=O) groups is 1. The molecule has 10 heteroatoms. The smallest absolute Gasteiger partial charge is 0.236 e. The number of pyridine rings is 1. The van der Waals surface area contributed by atoms with Crippen LogP contribution in [0.2, 0.25) is 0 Å². The van der Waals surface area contributed by atoms with Crippen molar-refractivity contribution in [3.05, 3.63) is 29.4 Å². The molecular formula is C14H15N7OS2. The van der Waals surface area contributed by atoms with Gasteiger partial charge in [-0.1, -0.05) is 36.1 Å². The van der Waals surface area contributed by atoms with Crippen LogP contribution in [-0.2, 0) is 18.3 Å². The zero-order valence-electron chi connectivity index (χ0n) is 13.1. The quantitative estimate of drug-likeness (QED) is 0.671. The number of rotatable bonds is 6. The zero-order chi connectivity index (χ0) is 16.9. The van der Waals surface area contributed by atoms with E-state index in [1.165, 1.54) is 23.1 Å². The Morgan fingerprint density at radius 2 is 2.17 bits per heavy atom. The molecule has 0 aromatic carbocycles. The number of hydrogen-bond donors (Lipinski definition) is 1. The largest absolute Gasteiger partial charge is 0.304 e. The molecule has 0 aliphatic carbocycles. The predicted octanol–water partition coefficient (Wildman–Crippen LogP) is 2.02. The normalized spacial score (nSPS) is 10.8. The van der Waals surface area contributed by atoms with Crippen molar-refractivity contribution in [2.75, 3.05) is 11.1 Å². The lowest BCUT2D eigenvalue weighted by Crippen LogP contribution is -2.14. The fourth-order valence-electron chi connectivity index (χ4n) is 1.89. The molecule has 0 aliphatic heterocycles. The number of nitrogens with zero attached hydrogens (tertiary/aromatic N) is 6. The highest BCUT2D eigenvalue weighted by Crippen LogP contribution is 2.21. The summed E-state index contributed by atoms with van der Waals surface area (Å²) in [5.74, 6) is 0.728. The second-order valence-corrected chi connectivity index (χ2v) is 6.78. The van der Waals surface area contributed by atoms with Gasteiger partial charge in [0, 0.05) is 13.2 Å². The molecule has 3 heterocycles. The highest BCUT2D eigenvalue weighted by atomic mass is 32.2. The number of aromatic nitrogens is 6. The Morgan fingerprint density at radius 1 is 1.29 bits per heavy atom. The molecule has 24 heavy (non-hydrogen) atoms. The van der Waals surface area contributed by atoms with Gasteiger partial charge >= 0.3 is 0 Å². The molecular weight excluding hydrogens is 346 g/mol. The second-order valence-electron chi connectivity index (χ2n) is 4.77. The molecule has 0 spiro atoms. The summed E-state index contributed by atoms with van der Waals surface area (Å²) in [6.07, 6.45) is 2.51. The molecule has 0 radical (unpaired) electrons. The fourth-order valence-corrected chi connectivity index (χ4v) is 3.30. The Balaban J connectivity index is 1.60. The van der Waals surface area contributed by atoms with Crippen LogP contribution in [0.3, 0.4) is 0 Å².